The number of amides is 1. The molecule has 2 aliphatic heterocycles. The van der Waals surface area contributed by atoms with Crippen LogP contribution < -0.4 is 5.32 Å². The standard InChI is InChI=1S/C23H28FN3O3S/c24-20-6-1-2-8-22(20)31(29,30)27-15-5-7-21(27)23(28)25-16-18-9-11-19(12-10-18)17-26-13-3-4-14-26/h1-2,6,8-12,21H,3-5,7,13-17H2,(H,25,28). The number of likely N-dealkylation sites (tertiary alicyclic amines) is 1. The summed E-state index contributed by atoms with van der Waals surface area (Å²) in [5.41, 5.74) is 2.20. The molecule has 31 heavy (non-hydrogen) atoms. The summed E-state index contributed by atoms with van der Waals surface area (Å²) in [7, 11) is -4.07. The summed E-state index contributed by atoms with van der Waals surface area (Å²) in [6.45, 7) is 3.77. The molecule has 166 valence electrons. The summed E-state index contributed by atoms with van der Waals surface area (Å²) < 4.78 is 41.1. The predicted octanol–water partition coefficient (Wildman–Crippen LogP) is 2.89. The van der Waals surface area contributed by atoms with Crippen molar-refractivity contribution >= 4 is 15.9 Å². The van der Waals surface area contributed by atoms with E-state index in [9.17, 15) is 17.6 Å². The monoisotopic (exact) mass is 445 g/mol. The van der Waals surface area contributed by atoms with Crippen molar-refractivity contribution in [3.63, 3.8) is 0 Å². The number of nitrogens with one attached hydrogen (secondary N) is 1. The quantitative estimate of drug-likeness (QED) is 0.712. The fraction of sp³-hybridized carbons (Fsp3) is 0.435. The van der Waals surface area contributed by atoms with E-state index in [0.29, 0.717) is 19.4 Å². The van der Waals surface area contributed by atoms with Gasteiger partial charge in [0.15, 0.2) is 0 Å². The molecule has 2 heterocycles. The van der Waals surface area contributed by atoms with Crippen molar-refractivity contribution < 1.29 is 17.6 Å². The molecule has 1 N–H and O–H groups in total. The third-order valence-corrected chi connectivity index (χ3v) is 7.97. The van der Waals surface area contributed by atoms with Gasteiger partial charge in [0.2, 0.25) is 15.9 Å². The predicted molar refractivity (Wildman–Crippen MR) is 116 cm³/mol. The first-order valence-corrected chi connectivity index (χ1v) is 12.2. The zero-order chi connectivity index (χ0) is 21.8. The molecule has 8 heteroatoms. The first-order valence-electron chi connectivity index (χ1n) is 10.8. The molecule has 0 bridgehead atoms. The van der Waals surface area contributed by atoms with Gasteiger partial charge in [-0.15, -0.1) is 0 Å². The Morgan fingerprint density at radius 3 is 2.35 bits per heavy atom. The molecule has 0 aromatic heterocycles. The Kier molecular flexibility index (Phi) is 6.69. The van der Waals surface area contributed by atoms with E-state index in [4.69, 9.17) is 0 Å². The van der Waals surface area contributed by atoms with Crippen LogP contribution in [0.4, 0.5) is 4.39 Å². The van der Waals surface area contributed by atoms with Crippen LogP contribution in [0.25, 0.3) is 0 Å². The molecule has 0 aliphatic carbocycles. The van der Waals surface area contributed by atoms with Crippen LogP contribution in [0.15, 0.2) is 53.4 Å². The molecule has 0 saturated carbocycles. The van der Waals surface area contributed by atoms with Crippen molar-refractivity contribution in [2.24, 2.45) is 0 Å². The number of carbonyl (C=O) groups excluding carboxylic acids is 1. The third-order valence-electron chi connectivity index (χ3n) is 6.02. The average Bonchev–Trinajstić information content (AvgIpc) is 3.46. The highest BCUT2D eigenvalue weighted by Gasteiger charge is 2.40. The maximum absolute atomic E-state index is 14.1. The summed E-state index contributed by atoms with van der Waals surface area (Å²) in [4.78, 5) is 14.8. The largest absolute Gasteiger partial charge is 0.351 e. The van der Waals surface area contributed by atoms with Gasteiger partial charge in [0.1, 0.15) is 16.8 Å². The molecule has 2 fully saturated rings. The molecule has 6 nitrogen and oxygen atoms in total. The van der Waals surface area contributed by atoms with Crippen LogP contribution in [-0.2, 0) is 27.9 Å². The summed E-state index contributed by atoms with van der Waals surface area (Å²) in [6, 6.07) is 12.6. The van der Waals surface area contributed by atoms with Gasteiger partial charge < -0.3 is 5.32 Å². The molecule has 2 saturated heterocycles. The lowest BCUT2D eigenvalue weighted by Crippen LogP contribution is -2.45. The molecule has 0 spiro atoms. The van der Waals surface area contributed by atoms with E-state index in [0.717, 1.165) is 35.6 Å². The first-order chi connectivity index (χ1) is 14.9. The van der Waals surface area contributed by atoms with Gasteiger partial charge in [-0.25, -0.2) is 12.8 Å². The van der Waals surface area contributed by atoms with Gasteiger partial charge >= 0.3 is 0 Å². The van der Waals surface area contributed by atoms with Crippen molar-refractivity contribution in [2.75, 3.05) is 19.6 Å². The minimum absolute atomic E-state index is 0.208. The molecular weight excluding hydrogens is 417 g/mol. The van der Waals surface area contributed by atoms with Gasteiger partial charge in [-0.3, -0.25) is 9.69 Å². The molecule has 1 unspecified atom stereocenters. The van der Waals surface area contributed by atoms with Gasteiger partial charge in [0, 0.05) is 19.6 Å². The fourth-order valence-electron chi connectivity index (χ4n) is 4.34. The van der Waals surface area contributed by atoms with Crippen LogP contribution in [0.2, 0.25) is 0 Å². The van der Waals surface area contributed by atoms with Crippen molar-refractivity contribution in [1.82, 2.24) is 14.5 Å². The number of hydrogen-bond donors (Lipinski definition) is 1. The number of carbonyl (C=O) groups is 1. The number of rotatable bonds is 7. The fourth-order valence-corrected chi connectivity index (χ4v) is 6.06. The molecule has 1 amide bonds. The average molecular weight is 446 g/mol. The summed E-state index contributed by atoms with van der Waals surface area (Å²) in [5, 5.41) is 2.85. The molecular formula is C23H28FN3O3S. The van der Waals surface area contributed by atoms with E-state index < -0.39 is 21.9 Å². The Hall–Kier alpha value is -2.29. The number of halogens is 1. The Labute approximate surface area is 183 Å². The van der Waals surface area contributed by atoms with Crippen LogP contribution in [0, 0.1) is 5.82 Å². The highest BCUT2D eigenvalue weighted by molar-refractivity contribution is 7.89. The van der Waals surface area contributed by atoms with Gasteiger partial charge in [0.25, 0.3) is 0 Å². The molecule has 2 aromatic rings. The lowest BCUT2D eigenvalue weighted by Gasteiger charge is -2.23. The Bertz CT molecular complexity index is 1020. The van der Waals surface area contributed by atoms with Gasteiger partial charge in [-0.1, -0.05) is 36.4 Å². The summed E-state index contributed by atoms with van der Waals surface area (Å²) >= 11 is 0. The first kappa shape index (κ1) is 21.9. The van der Waals surface area contributed by atoms with Crippen molar-refractivity contribution in [3.8, 4) is 0 Å². The van der Waals surface area contributed by atoms with E-state index in [-0.39, 0.29) is 17.3 Å². The van der Waals surface area contributed by atoms with Crippen LogP contribution >= 0.6 is 0 Å². The van der Waals surface area contributed by atoms with E-state index in [2.05, 4.69) is 22.3 Å². The number of benzene rings is 2. The zero-order valence-corrected chi connectivity index (χ0v) is 18.3. The molecule has 0 radical (unpaired) electrons. The molecule has 1 atom stereocenters. The lowest BCUT2D eigenvalue weighted by atomic mass is 10.1. The minimum atomic E-state index is -4.07. The van der Waals surface area contributed by atoms with E-state index in [1.54, 1.807) is 0 Å². The second-order valence-corrected chi connectivity index (χ2v) is 10.1. The highest BCUT2D eigenvalue weighted by atomic mass is 32.2. The van der Waals surface area contributed by atoms with Crippen molar-refractivity contribution in [3.05, 3.63) is 65.5 Å². The molecule has 2 aromatic carbocycles. The summed E-state index contributed by atoms with van der Waals surface area (Å²) in [5.74, 6) is -1.15. The second kappa shape index (κ2) is 9.46. The Morgan fingerprint density at radius 2 is 1.65 bits per heavy atom. The highest BCUT2D eigenvalue weighted by Crippen LogP contribution is 2.27. The number of nitrogens with zero attached hydrogens (tertiary/aromatic N) is 2. The zero-order valence-electron chi connectivity index (χ0n) is 17.5. The smallest absolute Gasteiger partial charge is 0.246 e. The molecule has 2 aliphatic rings. The second-order valence-electron chi connectivity index (χ2n) is 8.22. The van der Waals surface area contributed by atoms with Crippen molar-refractivity contribution in [2.45, 2.75) is 49.7 Å². The maximum atomic E-state index is 14.1. The van der Waals surface area contributed by atoms with Crippen LogP contribution in [0.1, 0.15) is 36.8 Å². The van der Waals surface area contributed by atoms with E-state index in [1.165, 1.54) is 36.6 Å². The summed E-state index contributed by atoms with van der Waals surface area (Å²) in [6.07, 6.45) is 3.51. The Morgan fingerprint density at radius 1 is 0.968 bits per heavy atom. The van der Waals surface area contributed by atoms with Crippen LogP contribution in [0.3, 0.4) is 0 Å². The number of sulfonamides is 1. The van der Waals surface area contributed by atoms with Crippen molar-refractivity contribution in [1.29, 1.82) is 0 Å². The van der Waals surface area contributed by atoms with E-state index in [1.807, 2.05) is 12.1 Å². The molecule has 4 rings (SSSR count). The minimum Gasteiger partial charge on any atom is -0.351 e. The van der Waals surface area contributed by atoms with Gasteiger partial charge in [-0.2, -0.15) is 4.31 Å². The normalized spacial score (nSPS) is 20.2. The van der Waals surface area contributed by atoms with E-state index >= 15 is 0 Å². The third kappa shape index (κ3) is 4.97. The lowest BCUT2D eigenvalue weighted by molar-refractivity contribution is -0.124. The topological polar surface area (TPSA) is 69.7 Å². The van der Waals surface area contributed by atoms with Gasteiger partial charge in [0.05, 0.1) is 0 Å². The number of hydrogen-bond acceptors (Lipinski definition) is 4. The SMILES string of the molecule is O=C(NCc1ccc(CN2CCCC2)cc1)C1CCCN1S(=O)(=O)c1ccccc1F. The Balaban J connectivity index is 1.37. The van der Waals surface area contributed by atoms with Gasteiger partial charge in [-0.05, 0) is 62.0 Å². The van der Waals surface area contributed by atoms with Crippen LogP contribution in [0.5, 0.6) is 0 Å². The maximum Gasteiger partial charge on any atom is 0.246 e. The van der Waals surface area contributed by atoms with Crippen LogP contribution in [-0.4, -0.2) is 49.2 Å².